The Kier molecular flexibility index (Phi) is 4.25. The first-order chi connectivity index (χ1) is 10.8. The molecule has 0 spiro atoms. The average Bonchev–Trinajstić information content (AvgIpc) is 3.06. The Morgan fingerprint density at radius 3 is 2.74 bits per heavy atom. The average molecular weight is 352 g/mol. The molecule has 1 aromatic heterocycles. The largest absolute Gasteiger partial charge is 0.383 e. The van der Waals surface area contributed by atoms with Crippen molar-refractivity contribution in [1.82, 2.24) is 14.8 Å². The molecule has 1 unspecified atom stereocenters. The molecule has 6 heteroatoms. The maximum absolute atomic E-state index is 11.4. The summed E-state index contributed by atoms with van der Waals surface area (Å²) in [7, 11) is 0. The molecule has 0 aliphatic heterocycles. The van der Waals surface area contributed by atoms with Crippen LogP contribution in [0.15, 0.2) is 36.4 Å². The van der Waals surface area contributed by atoms with E-state index in [0.717, 1.165) is 24.0 Å². The summed E-state index contributed by atoms with van der Waals surface area (Å²) in [5.41, 5.74) is 0.689. The van der Waals surface area contributed by atoms with Crippen LogP contribution in [0.4, 0.5) is 0 Å². The van der Waals surface area contributed by atoms with E-state index in [1.165, 1.54) is 6.33 Å². The van der Waals surface area contributed by atoms with Gasteiger partial charge in [0.1, 0.15) is 18.3 Å². The minimum atomic E-state index is -0.979. The highest BCUT2D eigenvalue weighted by atomic mass is 35.5. The number of hydrogen-bond donors (Lipinski definition) is 1. The molecule has 1 aromatic carbocycles. The first kappa shape index (κ1) is 16.5. The summed E-state index contributed by atoms with van der Waals surface area (Å²) in [4.78, 5) is 3.96. The summed E-state index contributed by atoms with van der Waals surface area (Å²) in [6.45, 7) is 4.55. The Morgan fingerprint density at radius 1 is 1.30 bits per heavy atom. The lowest BCUT2D eigenvalue weighted by Crippen LogP contribution is -2.45. The molecule has 0 bridgehead atoms. The fourth-order valence-electron chi connectivity index (χ4n) is 3.15. The van der Waals surface area contributed by atoms with Gasteiger partial charge in [-0.1, -0.05) is 49.2 Å². The minimum Gasteiger partial charge on any atom is -0.383 e. The molecule has 1 fully saturated rings. The van der Waals surface area contributed by atoms with Crippen LogP contribution in [-0.2, 0) is 6.54 Å². The topological polar surface area (TPSA) is 50.9 Å². The zero-order valence-electron chi connectivity index (χ0n) is 13.1. The minimum absolute atomic E-state index is 0.249. The van der Waals surface area contributed by atoms with Crippen molar-refractivity contribution >= 4 is 29.3 Å². The molecule has 1 N–H and O–H groups in total. The van der Waals surface area contributed by atoms with Gasteiger partial charge in [-0.15, -0.1) is 0 Å². The van der Waals surface area contributed by atoms with Crippen LogP contribution in [0.2, 0.25) is 10.0 Å². The van der Waals surface area contributed by atoms with Crippen LogP contribution in [0.5, 0.6) is 0 Å². The second-order valence-corrected chi connectivity index (χ2v) is 7.49. The van der Waals surface area contributed by atoms with Gasteiger partial charge in [-0.3, -0.25) is 0 Å². The van der Waals surface area contributed by atoms with E-state index < -0.39 is 5.60 Å². The number of aromatic nitrogens is 3. The van der Waals surface area contributed by atoms with E-state index >= 15 is 0 Å². The van der Waals surface area contributed by atoms with E-state index in [0.29, 0.717) is 16.6 Å². The molecule has 23 heavy (non-hydrogen) atoms. The molecule has 1 heterocycles. The normalized spacial score (nSPS) is 25.2. The van der Waals surface area contributed by atoms with Crippen molar-refractivity contribution in [1.29, 1.82) is 0 Å². The lowest BCUT2D eigenvalue weighted by atomic mass is 9.76. The molecule has 122 valence electrons. The van der Waals surface area contributed by atoms with Gasteiger partial charge in [0.15, 0.2) is 0 Å². The summed E-state index contributed by atoms with van der Waals surface area (Å²) >= 11 is 12.1. The highest BCUT2D eigenvalue weighted by Gasteiger charge is 2.51. The molecule has 0 radical (unpaired) electrons. The van der Waals surface area contributed by atoms with Gasteiger partial charge in [0.05, 0.1) is 16.6 Å². The number of halogens is 2. The molecule has 1 saturated carbocycles. The smallest absolute Gasteiger partial charge is 0.137 e. The van der Waals surface area contributed by atoms with Crippen LogP contribution in [0, 0.1) is 5.41 Å². The first-order valence-electron chi connectivity index (χ1n) is 7.53. The molecule has 3 rings (SSSR count). The summed E-state index contributed by atoms with van der Waals surface area (Å²) in [6.07, 6.45) is 6.86. The number of aliphatic hydroxyl groups is 1. The van der Waals surface area contributed by atoms with E-state index in [-0.39, 0.29) is 5.41 Å². The molecule has 1 aliphatic rings. The Hall–Kier alpha value is -1.36. The monoisotopic (exact) mass is 351 g/mol. The summed E-state index contributed by atoms with van der Waals surface area (Å²) in [5.74, 6) is 0. The summed E-state index contributed by atoms with van der Waals surface area (Å²) in [6, 6.07) is 5.49. The maximum Gasteiger partial charge on any atom is 0.137 e. The Balaban J connectivity index is 1.99. The Labute approximate surface area is 145 Å². The van der Waals surface area contributed by atoms with Crippen LogP contribution in [0.25, 0.3) is 6.08 Å². The zero-order valence-corrected chi connectivity index (χ0v) is 14.6. The van der Waals surface area contributed by atoms with Crippen LogP contribution < -0.4 is 0 Å². The van der Waals surface area contributed by atoms with Crippen molar-refractivity contribution in [3.63, 3.8) is 0 Å². The Bertz CT molecular complexity index is 740. The highest BCUT2D eigenvalue weighted by molar-refractivity contribution is 6.42. The van der Waals surface area contributed by atoms with Gasteiger partial charge < -0.3 is 5.11 Å². The van der Waals surface area contributed by atoms with Crippen molar-refractivity contribution < 1.29 is 5.11 Å². The van der Waals surface area contributed by atoms with Gasteiger partial charge in [0.25, 0.3) is 0 Å². The van der Waals surface area contributed by atoms with E-state index in [2.05, 4.69) is 23.9 Å². The molecular formula is C17H19Cl2N3O. The zero-order chi connectivity index (χ0) is 16.7. The maximum atomic E-state index is 11.4. The van der Waals surface area contributed by atoms with E-state index in [4.69, 9.17) is 23.2 Å². The lowest BCUT2D eigenvalue weighted by molar-refractivity contribution is -0.0298. The molecule has 0 amide bonds. The van der Waals surface area contributed by atoms with Crippen molar-refractivity contribution in [2.45, 2.75) is 38.8 Å². The number of nitrogens with zero attached hydrogens (tertiary/aromatic N) is 3. The summed E-state index contributed by atoms with van der Waals surface area (Å²) < 4.78 is 1.68. The number of benzene rings is 1. The second-order valence-electron chi connectivity index (χ2n) is 6.68. The van der Waals surface area contributed by atoms with E-state index in [1.807, 2.05) is 18.2 Å². The fourth-order valence-corrected chi connectivity index (χ4v) is 3.46. The Morgan fingerprint density at radius 2 is 2.09 bits per heavy atom. The molecule has 1 aliphatic carbocycles. The third-order valence-electron chi connectivity index (χ3n) is 4.81. The quantitative estimate of drug-likeness (QED) is 0.900. The van der Waals surface area contributed by atoms with Crippen molar-refractivity contribution in [3.8, 4) is 0 Å². The van der Waals surface area contributed by atoms with Crippen LogP contribution in [0.3, 0.4) is 0 Å². The number of rotatable bonds is 3. The van der Waals surface area contributed by atoms with Crippen LogP contribution in [-0.4, -0.2) is 25.5 Å². The number of hydrogen-bond acceptors (Lipinski definition) is 3. The van der Waals surface area contributed by atoms with Crippen molar-refractivity contribution in [3.05, 3.63) is 52.0 Å². The fraction of sp³-hybridized carbons (Fsp3) is 0.412. The van der Waals surface area contributed by atoms with Gasteiger partial charge >= 0.3 is 0 Å². The van der Waals surface area contributed by atoms with Gasteiger partial charge in [-0.05, 0) is 41.5 Å². The predicted octanol–water partition coefficient (Wildman–Crippen LogP) is 4.22. The third kappa shape index (κ3) is 3.03. The first-order valence-corrected chi connectivity index (χ1v) is 8.28. The van der Waals surface area contributed by atoms with Gasteiger partial charge in [0.2, 0.25) is 0 Å². The molecule has 0 saturated heterocycles. The second kappa shape index (κ2) is 5.93. The highest BCUT2D eigenvalue weighted by Crippen LogP contribution is 2.50. The third-order valence-corrected chi connectivity index (χ3v) is 5.55. The van der Waals surface area contributed by atoms with Crippen molar-refractivity contribution in [2.75, 3.05) is 0 Å². The van der Waals surface area contributed by atoms with Gasteiger partial charge in [-0.25, -0.2) is 9.67 Å². The van der Waals surface area contributed by atoms with E-state index in [9.17, 15) is 5.11 Å². The summed E-state index contributed by atoms with van der Waals surface area (Å²) in [5, 5.41) is 16.6. The predicted molar refractivity (Wildman–Crippen MR) is 92.4 cm³/mol. The standard InChI is InChI=1S/C17H19Cl2N3O/c1-16(2)6-5-13(7-12-3-4-14(18)15(19)8-12)17(16,23)9-22-11-20-10-21-22/h3-4,7-8,10-11,23H,5-6,9H2,1-2H3/b13-7+. The van der Waals surface area contributed by atoms with E-state index in [1.54, 1.807) is 17.1 Å². The van der Waals surface area contributed by atoms with Gasteiger partial charge in [0, 0.05) is 0 Å². The SMILES string of the molecule is CC1(C)CC/C(=C\c2ccc(Cl)c(Cl)c2)C1(O)Cn1cncn1. The molecule has 2 aromatic rings. The van der Waals surface area contributed by atoms with Gasteiger partial charge in [-0.2, -0.15) is 5.10 Å². The molecule has 4 nitrogen and oxygen atoms in total. The molecule has 1 atom stereocenters. The van der Waals surface area contributed by atoms with Crippen LogP contribution in [0.1, 0.15) is 32.3 Å². The van der Waals surface area contributed by atoms with Crippen LogP contribution >= 0.6 is 23.2 Å². The lowest BCUT2D eigenvalue weighted by Gasteiger charge is -2.37. The molecular weight excluding hydrogens is 333 g/mol. The van der Waals surface area contributed by atoms with Crippen molar-refractivity contribution in [2.24, 2.45) is 5.41 Å².